The molecule has 10 nitrogen and oxygen atoms in total. The van der Waals surface area contributed by atoms with E-state index in [1.807, 2.05) is 6.92 Å². The standard InChI is InChI=1S/C16H17N5O5/c1-10-8-18-16(22)11(2)15(10)26-7-3-6-25-13-5-4-12-17-9-14(21(23)24)20(12)19-13/h4-5,8-9H,3,6-7H2,1-2H3,(H,18,22). The maximum absolute atomic E-state index is 11.6. The highest BCUT2D eigenvalue weighted by atomic mass is 16.6. The minimum atomic E-state index is -0.559. The number of nitrogens with one attached hydrogen (secondary N) is 1. The summed E-state index contributed by atoms with van der Waals surface area (Å²) in [6, 6.07) is 3.19. The molecule has 0 saturated heterocycles. The largest absolute Gasteiger partial charge is 0.493 e. The van der Waals surface area contributed by atoms with Crippen LogP contribution in [0.25, 0.3) is 5.65 Å². The Labute approximate surface area is 147 Å². The Morgan fingerprint density at radius 2 is 2.04 bits per heavy atom. The van der Waals surface area contributed by atoms with Crippen molar-refractivity contribution in [2.45, 2.75) is 20.3 Å². The Morgan fingerprint density at radius 1 is 1.27 bits per heavy atom. The van der Waals surface area contributed by atoms with Crippen molar-refractivity contribution in [2.75, 3.05) is 13.2 Å². The van der Waals surface area contributed by atoms with E-state index in [4.69, 9.17) is 9.47 Å². The summed E-state index contributed by atoms with van der Waals surface area (Å²) >= 11 is 0. The number of ether oxygens (including phenoxy) is 2. The van der Waals surface area contributed by atoms with Gasteiger partial charge in [-0.05, 0) is 23.9 Å². The average molecular weight is 359 g/mol. The van der Waals surface area contributed by atoms with Crippen molar-refractivity contribution >= 4 is 11.5 Å². The van der Waals surface area contributed by atoms with E-state index in [2.05, 4.69) is 15.1 Å². The maximum Gasteiger partial charge on any atom is 0.368 e. The van der Waals surface area contributed by atoms with Crippen LogP contribution in [0.4, 0.5) is 5.82 Å². The van der Waals surface area contributed by atoms with Crippen molar-refractivity contribution in [3.63, 3.8) is 0 Å². The quantitative estimate of drug-likeness (QED) is 0.387. The number of H-pyrrole nitrogens is 1. The molecule has 26 heavy (non-hydrogen) atoms. The molecule has 0 aromatic carbocycles. The summed E-state index contributed by atoms with van der Waals surface area (Å²) in [7, 11) is 0. The van der Waals surface area contributed by atoms with Gasteiger partial charge in [-0.3, -0.25) is 4.79 Å². The second-order valence-corrected chi connectivity index (χ2v) is 5.62. The normalized spacial score (nSPS) is 10.8. The highest BCUT2D eigenvalue weighted by Gasteiger charge is 2.16. The topological polar surface area (TPSA) is 125 Å². The molecule has 0 amide bonds. The first-order valence-electron chi connectivity index (χ1n) is 7.91. The number of aromatic nitrogens is 4. The van der Waals surface area contributed by atoms with Gasteiger partial charge in [-0.15, -0.1) is 0 Å². The van der Waals surface area contributed by atoms with Crippen LogP contribution in [0, 0.1) is 24.0 Å². The number of pyridine rings is 1. The summed E-state index contributed by atoms with van der Waals surface area (Å²) in [6.07, 6.45) is 3.31. The summed E-state index contributed by atoms with van der Waals surface area (Å²) in [4.78, 5) is 28.5. The molecule has 0 fully saturated rings. The lowest BCUT2D eigenvalue weighted by Gasteiger charge is -2.11. The Morgan fingerprint density at radius 3 is 2.81 bits per heavy atom. The number of hydrogen-bond donors (Lipinski definition) is 1. The molecule has 0 saturated carbocycles. The second kappa shape index (κ2) is 7.21. The first-order chi connectivity index (χ1) is 12.5. The van der Waals surface area contributed by atoms with Crippen LogP contribution < -0.4 is 15.0 Å². The lowest BCUT2D eigenvalue weighted by atomic mass is 10.2. The van der Waals surface area contributed by atoms with Crippen LogP contribution in [0.5, 0.6) is 11.6 Å². The van der Waals surface area contributed by atoms with Crippen LogP contribution in [-0.2, 0) is 0 Å². The van der Waals surface area contributed by atoms with Crippen molar-refractivity contribution in [1.82, 2.24) is 19.6 Å². The molecule has 3 heterocycles. The van der Waals surface area contributed by atoms with E-state index in [-0.39, 0.29) is 17.3 Å². The lowest BCUT2D eigenvalue weighted by Crippen LogP contribution is -2.14. The van der Waals surface area contributed by atoms with Crippen molar-refractivity contribution < 1.29 is 14.4 Å². The van der Waals surface area contributed by atoms with Crippen LogP contribution >= 0.6 is 0 Å². The Hall–Kier alpha value is -3.43. The van der Waals surface area contributed by atoms with Gasteiger partial charge in [0.15, 0.2) is 0 Å². The minimum Gasteiger partial charge on any atom is -0.493 e. The van der Waals surface area contributed by atoms with Crippen LogP contribution in [0.3, 0.4) is 0 Å². The molecule has 3 aromatic rings. The van der Waals surface area contributed by atoms with Crippen molar-refractivity contribution in [1.29, 1.82) is 0 Å². The van der Waals surface area contributed by atoms with Crippen molar-refractivity contribution in [2.24, 2.45) is 0 Å². The van der Waals surface area contributed by atoms with E-state index in [9.17, 15) is 14.9 Å². The summed E-state index contributed by atoms with van der Waals surface area (Å²) in [6.45, 7) is 4.22. The van der Waals surface area contributed by atoms with E-state index >= 15 is 0 Å². The Balaban J connectivity index is 1.57. The van der Waals surface area contributed by atoms with Crippen LogP contribution in [0.15, 0.2) is 29.3 Å². The Bertz CT molecular complexity index is 1010. The zero-order valence-electron chi connectivity index (χ0n) is 14.3. The fourth-order valence-electron chi connectivity index (χ4n) is 2.42. The number of aromatic amines is 1. The smallest absolute Gasteiger partial charge is 0.368 e. The van der Waals surface area contributed by atoms with E-state index in [1.165, 1.54) is 0 Å². The number of nitro groups is 1. The van der Waals surface area contributed by atoms with Crippen LogP contribution in [-0.4, -0.2) is 37.7 Å². The van der Waals surface area contributed by atoms with Crippen molar-refractivity contribution in [3.05, 3.63) is 56.1 Å². The van der Waals surface area contributed by atoms with Gasteiger partial charge < -0.3 is 24.6 Å². The summed E-state index contributed by atoms with van der Waals surface area (Å²) < 4.78 is 12.3. The number of nitrogens with zero attached hydrogens (tertiary/aromatic N) is 4. The molecule has 0 atom stereocenters. The van der Waals surface area contributed by atoms with Gasteiger partial charge in [0.25, 0.3) is 11.4 Å². The van der Waals surface area contributed by atoms with Gasteiger partial charge >= 0.3 is 5.82 Å². The van der Waals surface area contributed by atoms with E-state index in [0.29, 0.717) is 36.6 Å². The molecule has 3 aromatic heterocycles. The highest BCUT2D eigenvalue weighted by molar-refractivity contribution is 5.43. The molecule has 0 bridgehead atoms. The molecule has 0 radical (unpaired) electrons. The summed E-state index contributed by atoms with van der Waals surface area (Å²) in [5.74, 6) is 0.596. The number of aryl methyl sites for hydroxylation is 1. The third-order valence-corrected chi connectivity index (χ3v) is 3.75. The molecule has 0 spiro atoms. The first kappa shape index (κ1) is 17.4. The fraction of sp³-hybridized carbons (Fsp3) is 0.312. The molecular formula is C16H17N5O5. The fourth-order valence-corrected chi connectivity index (χ4v) is 2.42. The van der Waals surface area contributed by atoms with Crippen LogP contribution in [0.2, 0.25) is 0 Å². The predicted octanol–water partition coefficient (Wildman–Crippen LogP) is 1.79. The molecular weight excluding hydrogens is 342 g/mol. The molecule has 0 aliphatic rings. The van der Waals surface area contributed by atoms with Crippen molar-refractivity contribution in [3.8, 4) is 11.6 Å². The molecule has 1 N–H and O–H groups in total. The molecule has 0 aliphatic heterocycles. The Kier molecular flexibility index (Phi) is 4.83. The molecule has 3 rings (SSSR count). The lowest BCUT2D eigenvalue weighted by molar-refractivity contribution is -0.391. The molecule has 10 heteroatoms. The minimum absolute atomic E-state index is 0.179. The van der Waals surface area contributed by atoms with E-state index < -0.39 is 4.92 Å². The van der Waals surface area contributed by atoms with Gasteiger partial charge in [0.05, 0.1) is 18.8 Å². The monoisotopic (exact) mass is 359 g/mol. The predicted molar refractivity (Wildman–Crippen MR) is 91.8 cm³/mol. The first-order valence-corrected chi connectivity index (χ1v) is 7.91. The third kappa shape index (κ3) is 3.48. The zero-order chi connectivity index (χ0) is 18.7. The van der Waals surface area contributed by atoms with Gasteiger partial charge in [0, 0.05) is 30.3 Å². The number of rotatable bonds is 7. The van der Waals surface area contributed by atoms with Gasteiger partial charge in [0.1, 0.15) is 11.9 Å². The maximum atomic E-state index is 11.6. The molecule has 136 valence electrons. The summed E-state index contributed by atoms with van der Waals surface area (Å²) in [5.41, 5.74) is 1.57. The van der Waals surface area contributed by atoms with Gasteiger partial charge in [-0.1, -0.05) is 4.52 Å². The van der Waals surface area contributed by atoms with Gasteiger partial charge in [0.2, 0.25) is 5.65 Å². The number of imidazole rings is 1. The van der Waals surface area contributed by atoms with E-state index in [1.54, 1.807) is 25.3 Å². The van der Waals surface area contributed by atoms with Gasteiger partial charge in [-0.25, -0.2) is 4.98 Å². The molecule has 0 aliphatic carbocycles. The van der Waals surface area contributed by atoms with Gasteiger partial charge in [-0.2, -0.15) is 0 Å². The molecule has 0 unspecified atom stereocenters. The number of fused-ring (bicyclic) bond motifs is 1. The third-order valence-electron chi connectivity index (χ3n) is 3.75. The van der Waals surface area contributed by atoms with E-state index in [0.717, 1.165) is 16.3 Å². The average Bonchev–Trinajstić information content (AvgIpc) is 3.04. The summed E-state index contributed by atoms with van der Waals surface area (Å²) in [5, 5.41) is 15.0. The zero-order valence-corrected chi connectivity index (χ0v) is 14.3. The highest BCUT2D eigenvalue weighted by Crippen LogP contribution is 2.19. The number of hydrogen-bond acceptors (Lipinski definition) is 7. The van der Waals surface area contributed by atoms with Crippen LogP contribution in [0.1, 0.15) is 17.5 Å². The SMILES string of the molecule is Cc1c[nH]c(=O)c(C)c1OCCCOc1ccc2ncc([N+](=O)[O-])n2n1. The second-order valence-electron chi connectivity index (χ2n) is 5.62.